The summed E-state index contributed by atoms with van der Waals surface area (Å²) in [5.74, 6) is -1.51. The summed E-state index contributed by atoms with van der Waals surface area (Å²) in [5.41, 5.74) is 1.30. The van der Waals surface area contributed by atoms with Crippen LogP contribution in [-0.4, -0.2) is 54.5 Å². The number of benzene rings is 1. The fourth-order valence-electron chi connectivity index (χ4n) is 1.90. The van der Waals surface area contributed by atoms with E-state index in [9.17, 15) is 9.18 Å². The highest BCUT2D eigenvalue weighted by Crippen LogP contribution is 2.15. The molecule has 0 saturated heterocycles. The molecule has 0 aliphatic heterocycles. The molecular weight excluding hydrogens is 277 g/mol. The first-order chi connectivity index (χ1) is 10.1. The van der Waals surface area contributed by atoms with E-state index in [-0.39, 0.29) is 6.61 Å². The van der Waals surface area contributed by atoms with Gasteiger partial charge < -0.3 is 14.9 Å². The Morgan fingerprint density at radius 1 is 1.43 bits per heavy atom. The summed E-state index contributed by atoms with van der Waals surface area (Å²) >= 11 is 0. The summed E-state index contributed by atoms with van der Waals surface area (Å²) < 4.78 is 18.3. The van der Waals surface area contributed by atoms with Gasteiger partial charge in [-0.3, -0.25) is 4.90 Å². The molecule has 0 amide bonds. The lowest BCUT2D eigenvalue weighted by molar-refractivity contribution is -0.131. The molecule has 1 aromatic carbocycles. The SMILES string of the molecule is COCCN(CCO)Cc1ccc(F)cc1/C=C/C(=O)O. The molecule has 0 fully saturated rings. The second-order valence-corrected chi connectivity index (χ2v) is 4.51. The predicted molar refractivity (Wildman–Crippen MR) is 77.3 cm³/mol. The third-order valence-corrected chi connectivity index (χ3v) is 2.94. The van der Waals surface area contributed by atoms with Gasteiger partial charge in [0.2, 0.25) is 0 Å². The van der Waals surface area contributed by atoms with Crippen LogP contribution in [0.3, 0.4) is 0 Å². The van der Waals surface area contributed by atoms with E-state index in [1.165, 1.54) is 18.2 Å². The van der Waals surface area contributed by atoms with E-state index in [0.717, 1.165) is 11.6 Å². The first-order valence-corrected chi connectivity index (χ1v) is 6.58. The molecule has 0 atom stereocenters. The molecule has 0 aliphatic rings. The quantitative estimate of drug-likeness (QED) is 0.674. The van der Waals surface area contributed by atoms with Gasteiger partial charge in [0.15, 0.2) is 0 Å². The van der Waals surface area contributed by atoms with Crippen molar-refractivity contribution in [3.8, 4) is 0 Å². The monoisotopic (exact) mass is 297 g/mol. The molecule has 116 valence electrons. The van der Waals surface area contributed by atoms with Crippen molar-refractivity contribution in [2.24, 2.45) is 0 Å². The summed E-state index contributed by atoms with van der Waals surface area (Å²) in [4.78, 5) is 12.5. The van der Waals surface area contributed by atoms with Crippen LogP contribution in [-0.2, 0) is 16.1 Å². The van der Waals surface area contributed by atoms with Crippen LogP contribution in [0.5, 0.6) is 0 Å². The fraction of sp³-hybridized carbons (Fsp3) is 0.400. The topological polar surface area (TPSA) is 70.0 Å². The number of hydrogen-bond acceptors (Lipinski definition) is 4. The number of halogens is 1. The molecule has 2 N–H and O–H groups in total. The standard InChI is InChI=1S/C15H20FNO4/c1-21-9-7-17(6-8-18)11-13-2-4-14(16)10-12(13)3-5-15(19)20/h2-5,10,18H,6-9,11H2,1H3,(H,19,20)/b5-3+. The largest absolute Gasteiger partial charge is 0.478 e. The summed E-state index contributed by atoms with van der Waals surface area (Å²) in [6.45, 7) is 2.08. The highest BCUT2D eigenvalue weighted by Gasteiger charge is 2.09. The number of aliphatic carboxylic acids is 1. The molecule has 0 heterocycles. The van der Waals surface area contributed by atoms with Gasteiger partial charge in [-0.25, -0.2) is 9.18 Å². The van der Waals surface area contributed by atoms with Crippen molar-refractivity contribution in [2.45, 2.75) is 6.54 Å². The van der Waals surface area contributed by atoms with Crippen molar-refractivity contribution in [1.82, 2.24) is 4.90 Å². The van der Waals surface area contributed by atoms with Crippen LogP contribution in [0.4, 0.5) is 4.39 Å². The summed E-state index contributed by atoms with van der Waals surface area (Å²) in [6.07, 6.45) is 2.35. The third-order valence-electron chi connectivity index (χ3n) is 2.94. The minimum absolute atomic E-state index is 0.00517. The van der Waals surface area contributed by atoms with Gasteiger partial charge in [-0.05, 0) is 29.3 Å². The molecule has 1 aromatic rings. The summed E-state index contributed by atoms with van der Waals surface area (Å²) in [7, 11) is 1.59. The van der Waals surface area contributed by atoms with Crippen LogP contribution in [0.25, 0.3) is 6.08 Å². The van der Waals surface area contributed by atoms with Crippen LogP contribution in [0.2, 0.25) is 0 Å². The number of hydrogen-bond donors (Lipinski definition) is 2. The number of aliphatic hydroxyl groups is 1. The second kappa shape index (κ2) is 9.23. The molecule has 0 bridgehead atoms. The van der Waals surface area contributed by atoms with E-state index < -0.39 is 11.8 Å². The van der Waals surface area contributed by atoms with Crippen LogP contribution in [0.15, 0.2) is 24.3 Å². The van der Waals surface area contributed by atoms with Gasteiger partial charge in [0, 0.05) is 32.8 Å². The number of rotatable bonds is 9. The highest BCUT2D eigenvalue weighted by molar-refractivity contribution is 5.85. The molecule has 5 nitrogen and oxygen atoms in total. The number of carbonyl (C=O) groups is 1. The van der Waals surface area contributed by atoms with Gasteiger partial charge in [-0.1, -0.05) is 6.07 Å². The van der Waals surface area contributed by atoms with Crippen molar-refractivity contribution in [1.29, 1.82) is 0 Å². The molecule has 6 heteroatoms. The van der Waals surface area contributed by atoms with E-state index in [1.807, 2.05) is 4.90 Å². The maximum Gasteiger partial charge on any atom is 0.328 e. The maximum atomic E-state index is 13.3. The summed E-state index contributed by atoms with van der Waals surface area (Å²) in [6, 6.07) is 4.25. The zero-order valence-electron chi connectivity index (χ0n) is 12.0. The van der Waals surface area contributed by atoms with Gasteiger partial charge in [-0.15, -0.1) is 0 Å². The minimum Gasteiger partial charge on any atom is -0.478 e. The van der Waals surface area contributed by atoms with Gasteiger partial charge in [-0.2, -0.15) is 0 Å². The number of ether oxygens (including phenoxy) is 1. The molecule has 1 rings (SSSR count). The number of nitrogens with zero attached hydrogens (tertiary/aromatic N) is 1. The Labute approximate surface area is 123 Å². The minimum atomic E-state index is -1.09. The average Bonchev–Trinajstić information content (AvgIpc) is 2.45. The number of aliphatic hydroxyl groups excluding tert-OH is 1. The van der Waals surface area contributed by atoms with Gasteiger partial charge in [0.1, 0.15) is 5.82 Å². The first kappa shape index (κ1) is 17.3. The van der Waals surface area contributed by atoms with E-state index in [0.29, 0.717) is 31.8 Å². The lowest BCUT2D eigenvalue weighted by Gasteiger charge is -2.22. The second-order valence-electron chi connectivity index (χ2n) is 4.51. The van der Waals surface area contributed by atoms with E-state index in [2.05, 4.69) is 0 Å². The Morgan fingerprint density at radius 3 is 2.81 bits per heavy atom. The third kappa shape index (κ3) is 6.48. The lowest BCUT2D eigenvalue weighted by atomic mass is 10.1. The van der Waals surface area contributed by atoms with Crippen molar-refractivity contribution >= 4 is 12.0 Å². The number of methoxy groups -OCH3 is 1. The molecule has 0 saturated carbocycles. The number of carboxylic acid groups (broad SMARTS) is 1. The molecular formula is C15H20FNO4. The zero-order valence-corrected chi connectivity index (χ0v) is 12.0. The van der Waals surface area contributed by atoms with Crippen LogP contribution >= 0.6 is 0 Å². The van der Waals surface area contributed by atoms with Crippen molar-refractivity contribution in [3.05, 3.63) is 41.2 Å². The first-order valence-electron chi connectivity index (χ1n) is 6.58. The van der Waals surface area contributed by atoms with Gasteiger partial charge in [0.05, 0.1) is 13.2 Å². The van der Waals surface area contributed by atoms with Crippen LogP contribution < -0.4 is 0 Å². The van der Waals surface area contributed by atoms with Crippen molar-refractivity contribution in [3.63, 3.8) is 0 Å². The average molecular weight is 297 g/mol. The molecule has 21 heavy (non-hydrogen) atoms. The van der Waals surface area contributed by atoms with Crippen molar-refractivity contribution in [2.75, 3.05) is 33.4 Å². The normalized spacial score (nSPS) is 11.4. The molecule has 0 aromatic heterocycles. The Hall–Kier alpha value is -1.76. The Bertz CT molecular complexity index is 491. The maximum absolute atomic E-state index is 13.3. The Morgan fingerprint density at radius 2 is 2.19 bits per heavy atom. The van der Waals surface area contributed by atoms with Gasteiger partial charge >= 0.3 is 5.97 Å². The van der Waals surface area contributed by atoms with Crippen molar-refractivity contribution < 1.29 is 24.1 Å². The van der Waals surface area contributed by atoms with E-state index in [4.69, 9.17) is 14.9 Å². The predicted octanol–water partition coefficient (Wildman–Crippen LogP) is 1.36. The molecule has 0 radical (unpaired) electrons. The molecule has 0 spiro atoms. The van der Waals surface area contributed by atoms with E-state index in [1.54, 1.807) is 13.2 Å². The van der Waals surface area contributed by atoms with Crippen LogP contribution in [0.1, 0.15) is 11.1 Å². The Balaban J connectivity index is 2.90. The highest BCUT2D eigenvalue weighted by atomic mass is 19.1. The Kier molecular flexibility index (Phi) is 7.60. The molecule has 0 unspecified atom stereocenters. The molecule has 0 aliphatic carbocycles. The zero-order chi connectivity index (χ0) is 15.7. The van der Waals surface area contributed by atoms with E-state index >= 15 is 0 Å². The summed E-state index contributed by atoms with van der Waals surface area (Å²) in [5, 5.41) is 17.7. The lowest BCUT2D eigenvalue weighted by Crippen LogP contribution is -2.30. The fourth-order valence-corrected chi connectivity index (χ4v) is 1.90. The van der Waals surface area contributed by atoms with Gasteiger partial charge in [0.25, 0.3) is 0 Å². The van der Waals surface area contributed by atoms with Crippen LogP contribution in [0, 0.1) is 5.82 Å². The number of carboxylic acids is 1. The smallest absolute Gasteiger partial charge is 0.328 e.